The summed E-state index contributed by atoms with van der Waals surface area (Å²) in [5.74, 6) is -1.91. The van der Waals surface area contributed by atoms with E-state index in [2.05, 4.69) is 4.98 Å². The smallest absolute Gasteiger partial charge is 0.356 e. The lowest BCUT2D eigenvalue weighted by molar-refractivity contribution is 0.0691. The Morgan fingerprint density at radius 3 is 2.71 bits per heavy atom. The molecule has 0 aliphatic rings. The number of aryl methyl sites for hydroxylation is 1. The van der Waals surface area contributed by atoms with Gasteiger partial charge in [0.1, 0.15) is 0 Å². The third-order valence-corrected chi connectivity index (χ3v) is 3.36. The highest BCUT2D eigenvalue weighted by molar-refractivity contribution is 6.35. The van der Waals surface area contributed by atoms with Crippen LogP contribution in [0.25, 0.3) is 11.3 Å². The maximum absolute atomic E-state index is 14.4. The standard InChI is InChI=1S/C14H12ClFN2O3/c1-6-3-4-7(11(16)13(6)21-2)9-5-8(17)10(15)12(18-9)14(19)20/h3-5H,1-2H3,(H2,17,18)(H,19,20). The summed E-state index contributed by atoms with van der Waals surface area (Å²) < 4.78 is 19.4. The zero-order chi connectivity index (χ0) is 15.7. The van der Waals surface area contributed by atoms with Gasteiger partial charge < -0.3 is 15.6 Å². The number of ether oxygens (including phenoxy) is 1. The lowest BCUT2D eigenvalue weighted by Gasteiger charge is -2.11. The summed E-state index contributed by atoms with van der Waals surface area (Å²) in [5.41, 5.74) is 6.02. The number of nitrogens with two attached hydrogens (primary N) is 1. The number of nitrogens with zero attached hydrogens (tertiary/aromatic N) is 1. The molecule has 5 nitrogen and oxygen atoms in total. The normalized spacial score (nSPS) is 10.5. The maximum atomic E-state index is 14.4. The fourth-order valence-electron chi connectivity index (χ4n) is 1.93. The minimum Gasteiger partial charge on any atom is -0.493 e. The first kappa shape index (κ1) is 15.1. The second-order valence-electron chi connectivity index (χ2n) is 4.34. The third kappa shape index (κ3) is 2.62. The number of halogens is 2. The van der Waals surface area contributed by atoms with Crippen molar-refractivity contribution in [1.82, 2.24) is 4.98 Å². The highest BCUT2D eigenvalue weighted by Gasteiger charge is 2.19. The molecule has 0 fully saturated rings. The lowest BCUT2D eigenvalue weighted by atomic mass is 10.1. The van der Waals surface area contributed by atoms with Gasteiger partial charge in [-0.2, -0.15) is 0 Å². The summed E-state index contributed by atoms with van der Waals surface area (Å²) in [6.45, 7) is 1.69. The van der Waals surface area contributed by atoms with Crippen LogP contribution in [0, 0.1) is 12.7 Å². The van der Waals surface area contributed by atoms with Crippen molar-refractivity contribution in [1.29, 1.82) is 0 Å². The first-order valence-electron chi connectivity index (χ1n) is 5.89. The van der Waals surface area contributed by atoms with Crippen LogP contribution in [-0.2, 0) is 0 Å². The highest BCUT2D eigenvalue weighted by atomic mass is 35.5. The summed E-state index contributed by atoms with van der Waals surface area (Å²) >= 11 is 5.78. The van der Waals surface area contributed by atoms with Gasteiger partial charge in [-0.15, -0.1) is 0 Å². The van der Waals surface area contributed by atoms with E-state index in [-0.39, 0.29) is 27.7 Å². The predicted octanol–water partition coefficient (Wildman–Crippen LogP) is 3.14. The molecule has 0 aliphatic heterocycles. The number of aromatic carboxylic acids is 1. The van der Waals surface area contributed by atoms with E-state index >= 15 is 0 Å². The Balaban J connectivity index is 2.71. The average molecular weight is 311 g/mol. The highest BCUT2D eigenvalue weighted by Crippen LogP contribution is 2.33. The number of rotatable bonds is 3. The Hall–Kier alpha value is -2.34. The Morgan fingerprint density at radius 1 is 1.48 bits per heavy atom. The molecule has 2 rings (SSSR count). The van der Waals surface area contributed by atoms with Gasteiger partial charge in [-0.05, 0) is 24.6 Å². The number of hydrogen-bond donors (Lipinski definition) is 2. The summed E-state index contributed by atoms with van der Waals surface area (Å²) in [7, 11) is 1.35. The van der Waals surface area contributed by atoms with Crippen molar-refractivity contribution in [3.63, 3.8) is 0 Å². The number of aromatic nitrogens is 1. The molecule has 0 amide bonds. The van der Waals surface area contributed by atoms with Crippen LogP contribution in [0.15, 0.2) is 18.2 Å². The molecule has 7 heteroatoms. The van der Waals surface area contributed by atoms with Gasteiger partial charge in [0.15, 0.2) is 17.3 Å². The number of anilines is 1. The maximum Gasteiger partial charge on any atom is 0.356 e. The second kappa shape index (κ2) is 5.57. The Bertz CT molecular complexity index is 735. The molecule has 0 atom stereocenters. The van der Waals surface area contributed by atoms with E-state index < -0.39 is 17.5 Å². The van der Waals surface area contributed by atoms with Crippen LogP contribution in [0.2, 0.25) is 5.02 Å². The van der Waals surface area contributed by atoms with Gasteiger partial charge in [-0.3, -0.25) is 0 Å². The molecule has 2 aromatic rings. The topological polar surface area (TPSA) is 85.4 Å². The van der Waals surface area contributed by atoms with Crippen molar-refractivity contribution in [2.45, 2.75) is 6.92 Å². The summed E-state index contributed by atoms with van der Waals surface area (Å²) in [5, 5.41) is 8.88. The second-order valence-corrected chi connectivity index (χ2v) is 4.72. The van der Waals surface area contributed by atoms with Crippen molar-refractivity contribution in [2.75, 3.05) is 12.8 Å². The SMILES string of the molecule is COc1c(C)ccc(-c2cc(N)c(Cl)c(C(=O)O)n2)c1F. The van der Waals surface area contributed by atoms with Crippen LogP contribution in [-0.4, -0.2) is 23.2 Å². The fraction of sp³-hybridized carbons (Fsp3) is 0.143. The fourth-order valence-corrected chi connectivity index (χ4v) is 2.11. The van der Waals surface area contributed by atoms with E-state index in [0.717, 1.165) is 0 Å². The van der Waals surface area contributed by atoms with Crippen LogP contribution in [0.5, 0.6) is 5.75 Å². The van der Waals surface area contributed by atoms with E-state index in [1.807, 2.05) is 0 Å². The van der Waals surface area contributed by atoms with Crippen molar-refractivity contribution in [3.05, 3.63) is 40.3 Å². The van der Waals surface area contributed by atoms with E-state index in [0.29, 0.717) is 5.56 Å². The molecule has 0 unspecified atom stereocenters. The third-order valence-electron chi connectivity index (χ3n) is 2.96. The number of carboxylic acids is 1. The molecule has 21 heavy (non-hydrogen) atoms. The Labute approximate surface area is 125 Å². The molecule has 3 N–H and O–H groups in total. The van der Waals surface area contributed by atoms with Crippen LogP contribution in [0.1, 0.15) is 16.1 Å². The predicted molar refractivity (Wildman–Crippen MR) is 77.3 cm³/mol. The summed E-state index contributed by atoms with van der Waals surface area (Å²) in [6.07, 6.45) is 0. The zero-order valence-corrected chi connectivity index (χ0v) is 12.0. The summed E-state index contributed by atoms with van der Waals surface area (Å²) in [4.78, 5) is 15.0. The molecule has 1 aromatic carbocycles. The Morgan fingerprint density at radius 2 is 2.14 bits per heavy atom. The van der Waals surface area contributed by atoms with E-state index in [4.69, 9.17) is 27.2 Å². The van der Waals surface area contributed by atoms with E-state index in [9.17, 15) is 9.18 Å². The van der Waals surface area contributed by atoms with E-state index in [1.54, 1.807) is 13.0 Å². The minimum atomic E-state index is -1.34. The van der Waals surface area contributed by atoms with Gasteiger partial charge in [0, 0.05) is 5.56 Å². The first-order chi connectivity index (χ1) is 9.86. The number of carbonyl (C=O) groups is 1. The van der Waals surface area contributed by atoms with Gasteiger partial charge in [0.25, 0.3) is 0 Å². The number of nitrogen functional groups attached to an aromatic ring is 1. The van der Waals surface area contributed by atoms with Crippen molar-refractivity contribution in [3.8, 4) is 17.0 Å². The molecule has 0 saturated carbocycles. The Kier molecular flexibility index (Phi) is 3.99. The van der Waals surface area contributed by atoms with Gasteiger partial charge in [-0.1, -0.05) is 17.7 Å². The van der Waals surface area contributed by atoms with Crippen LogP contribution >= 0.6 is 11.6 Å². The minimum absolute atomic E-state index is 0.0120. The number of carboxylic acid groups (broad SMARTS) is 1. The largest absolute Gasteiger partial charge is 0.493 e. The molecule has 0 bridgehead atoms. The number of hydrogen-bond acceptors (Lipinski definition) is 4. The number of benzene rings is 1. The first-order valence-corrected chi connectivity index (χ1v) is 6.27. The van der Waals surface area contributed by atoms with Gasteiger partial charge in [-0.25, -0.2) is 14.2 Å². The van der Waals surface area contributed by atoms with Crippen LogP contribution in [0.3, 0.4) is 0 Å². The van der Waals surface area contributed by atoms with E-state index in [1.165, 1.54) is 19.2 Å². The molecule has 0 spiro atoms. The quantitative estimate of drug-likeness (QED) is 0.909. The molecular weight excluding hydrogens is 299 g/mol. The van der Waals surface area contributed by atoms with Crippen LogP contribution < -0.4 is 10.5 Å². The molecular formula is C14H12ClFN2O3. The molecule has 0 saturated heterocycles. The molecule has 0 aliphatic carbocycles. The molecule has 1 aromatic heterocycles. The van der Waals surface area contributed by atoms with Gasteiger partial charge in [0.05, 0.1) is 23.5 Å². The monoisotopic (exact) mass is 310 g/mol. The van der Waals surface area contributed by atoms with Crippen molar-refractivity contribution < 1.29 is 19.0 Å². The summed E-state index contributed by atoms with van der Waals surface area (Å²) in [6, 6.07) is 4.45. The number of methoxy groups -OCH3 is 1. The molecule has 0 radical (unpaired) electrons. The average Bonchev–Trinajstić information content (AvgIpc) is 2.42. The van der Waals surface area contributed by atoms with Crippen LogP contribution in [0.4, 0.5) is 10.1 Å². The van der Waals surface area contributed by atoms with Crippen molar-refractivity contribution in [2.24, 2.45) is 0 Å². The van der Waals surface area contributed by atoms with Gasteiger partial charge >= 0.3 is 5.97 Å². The number of pyridine rings is 1. The zero-order valence-electron chi connectivity index (χ0n) is 11.3. The van der Waals surface area contributed by atoms with Crippen molar-refractivity contribution >= 4 is 23.3 Å². The molecule has 1 heterocycles. The lowest BCUT2D eigenvalue weighted by Crippen LogP contribution is -2.06. The molecule has 110 valence electrons. The van der Waals surface area contributed by atoms with Gasteiger partial charge in [0.2, 0.25) is 0 Å².